The molecule has 3 N–H and O–H groups in total. The van der Waals surface area contributed by atoms with Gasteiger partial charge in [-0.3, -0.25) is 9.59 Å². The van der Waals surface area contributed by atoms with Crippen molar-refractivity contribution in [3.8, 4) is 0 Å². The van der Waals surface area contributed by atoms with E-state index >= 15 is 0 Å². The van der Waals surface area contributed by atoms with Crippen molar-refractivity contribution >= 4 is 17.8 Å². The van der Waals surface area contributed by atoms with Gasteiger partial charge in [0.05, 0.1) is 12.1 Å². The first-order chi connectivity index (χ1) is 8.45. The van der Waals surface area contributed by atoms with E-state index in [9.17, 15) is 14.4 Å². The van der Waals surface area contributed by atoms with Crippen LogP contribution in [0, 0.1) is 0 Å². The fourth-order valence-electron chi connectivity index (χ4n) is 1.34. The van der Waals surface area contributed by atoms with Crippen LogP contribution in [0.4, 0.5) is 0 Å². The summed E-state index contributed by atoms with van der Waals surface area (Å²) in [6.07, 6.45) is 1.16. The van der Waals surface area contributed by atoms with Crippen LogP contribution in [0.5, 0.6) is 0 Å². The van der Waals surface area contributed by atoms with Gasteiger partial charge in [0, 0.05) is 12.7 Å². The van der Waals surface area contributed by atoms with Crippen LogP contribution in [0.15, 0.2) is 18.3 Å². The summed E-state index contributed by atoms with van der Waals surface area (Å²) in [5.74, 6) is -2.19. The van der Waals surface area contributed by atoms with Gasteiger partial charge in [-0.25, -0.2) is 9.78 Å². The number of carboxylic acids is 1. The number of rotatable bonds is 5. The lowest BCUT2D eigenvalue weighted by Crippen LogP contribution is -2.38. The van der Waals surface area contributed by atoms with E-state index in [-0.39, 0.29) is 17.8 Å². The van der Waals surface area contributed by atoms with Crippen molar-refractivity contribution in [2.45, 2.75) is 6.92 Å². The second-order valence-corrected chi connectivity index (χ2v) is 3.52. The highest BCUT2D eigenvalue weighted by Gasteiger charge is 2.16. The predicted octanol–water partition coefficient (Wildman–Crippen LogP) is -0.273. The lowest BCUT2D eigenvalue weighted by molar-refractivity contribution is -0.118. The molecule has 0 aliphatic carbocycles. The highest BCUT2D eigenvalue weighted by atomic mass is 16.4. The van der Waals surface area contributed by atoms with Crippen LogP contribution >= 0.6 is 0 Å². The third-order valence-corrected chi connectivity index (χ3v) is 2.25. The highest BCUT2D eigenvalue weighted by Crippen LogP contribution is 2.05. The van der Waals surface area contributed by atoms with Crippen LogP contribution in [0.1, 0.15) is 27.8 Å². The summed E-state index contributed by atoms with van der Waals surface area (Å²) in [6, 6.07) is 2.58. The lowest BCUT2D eigenvalue weighted by atomic mass is 10.2. The number of carboxylic acid groups (broad SMARTS) is 1. The smallest absolute Gasteiger partial charge is 0.354 e. The molecule has 1 heterocycles. The molecule has 96 valence electrons. The zero-order valence-electron chi connectivity index (χ0n) is 9.79. The standard InChI is InChI=1S/C11H13N3O4/c1-2-14(6-9(12)15)10(16)7-3-4-8(11(17)18)13-5-7/h3-5H,2,6H2,1H3,(H2,12,15)(H,17,18). The molecule has 0 bridgehead atoms. The summed E-state index contributed by atoms with van der Waals surface area (Å²) < 4.78 is 0. The molecule has 0 aliphatic heterocycles. The molecule has 1 aromatic rings. The highest BCUT2D eigenvalue weighted by molar-refractivity contribution is 5.96. The van der Waals surface area contributed by atoms with Crippen molar-refractivity contribution < 1.29 is 19.5 Å². The molecule has 1 rings (SSSR count). The van der Waals surface area contributed by atoms with Gasteiger partial charge in [-0.1, -0.05) is 0 Å². The number of primary amides is 1. The van der Waals surface area contributed by atoms with Gasteiger partial charge in [0.2, 0.25) is 5.91 Å². The number of nitrogens with zero attached hydrogens (tertiary/aromatic N) is 2. The first-order valence-corrected chi connectivity index (χ1v) is 5.22. The number of nitrogens with two attached hydrogens (primary N) is 1. The Morgan fingerprint density at radius 2 is 2.06 bits per heavy atom. The number of likely N-dealkylation sites (N-methyl/N-ethyl adjacent to an activating group) is 1. The van der Waals surface area contributed by atoms with Crippen molar-refractivity contribution in [1.82, 2.24) is 9.88 Å². The number of hydrogen-bond acceptors (Lipinski definition) is 4. The molecular formula is C11H13N3O4. The molecule has 0 atom stereocenters. The minimum absolute atomic E-state index is 0.149. The zero-order valence-corrected chi connectivity index (χ0v) is 9.79. The largest absolute Gasteiger partial charge is 0.477 e. The molecule has 18 heavy (non-hydrogen) atoms. The quantitative estimate of drug-likeness (QED) is 0.747. The summed E-state index contributed by atoms with van der Waals surface area (Å²) in [4.78, 5) is 38.2. The Morgan fingerprint density at radius 1 is 1.39 bits per heavy atom. The van der Waals surface area contributed by atoms with Crippen molar-refractivity contribution in [2.24, 2.45) is 5.73 Å². The summed E-state index contributed by atoms with van der Waals surface area (Å²) in [5, 5.41) is 8.67. The van der Waals surface area contributed by atoms with Crippen LogP contribution in [0.25, 0.3) is 0 Å². The molecule has 7 heteroatoms. The number of carbonyl (C=O) groups is 3. The Hall–Kier alpha value is -2.44. The van der Waals surface area contributed by atoms with Crippen LogP contribution in [-0.2, 0) is 4.79 Å². The maximum absolute atomic E-state index is 11.9. The third kappa shape index (κ3) is 3.27. The van der Waals surface area contributed by atoms with Crippen LogP contribution in [0.3, 0.4) is 0 Å². The van der Waals surface area contributed by atoms with Crippen LogP contribution in [0.2, 0.25) is 0 Å². The first-order valence-electron chi connectivity index (χ1n) is 5.22. The van der Waals surface area contributed by atoms with E-state index in [1.54, 1.807) is 6.92 Å². The van der Waals surface area contributed by atoms with Crippen molar-refractivity contribution in [3.05, 3.63) is 29.6 Å². The predicted molar refractivity (Wildman–Crippen MR) is 62.0 cm³/mol. The molecule has 0 fully saturated rings. The molecule has 1 aromatic heterocycles. The van der Waals surface area contributed by atoms with Crippen molar-refractivity contribution in [3.63, 3.8) is 0 Å². The van der Waals surface area contributed by atoms with Crippen LogP contribution < -0.4 is 5.73 Å². The SMILES string of the molecule is CCN(CC(N)=O)C(=O)c1ccc(C(=O)O)nc1. The van der Waals surface area contributed by atoms with E-state index in [0.29, 0.717) is 6.54 Å². The Kier molecular flexibility index (Phi) is 4.36. The first kappa shape index (κ1) is 13.6. The van der Waals surface area contributed by atoms with E-state index in [1.807, 2.05) is 0 Å². The maximum Gasteiger partial charge on any atom is 0.354 e. The van der Waals surface area contributed by atoms with E-state index in [4.69, 9.17) is 10.8 Å². The maximum atomic E-state index is 11.9. The van der Waals surface area contributed by atoms with Crippen molar-refractivity contribution in [1.29, 1.82) is 0 Å². The number of aromatic nitrogens is 1. The molecule has 0 saturated carbocycles. The van der Waals surface area contributed by atoms with Gasteiger partial charge in [0.15, 0.2) is 0 Å². The van der Waals surface area contributed by atoms with Gasteiger partial charge in [-0.05, 0) is 19.1 Å². The van der Waals surface area contributed by atoms with E-state index in [0.717, 1.165) is 6.20 Å². The second-order valence-electron chi connectivity index (χ2n) is 3.52. The van der Waals surface area contributed by atoms with Gasteiger partial charge in [0.1, 0.15) is 5.69 Å². The van der Waals surface area contributed by atoms with Gasteiger partial charge in [-0.2, -0.15) is 0 Å². The number of pyridine rings is 1. The lowest BCUT2D eigenvalue weighted by Gasteiger charge is -2.18. The van der Waals surface area contributed by atoms with Gasteiger partial charge in [0.25, 0.3) is 5.91 Å². The monoisotopic (exact) mass is 251 g/mol. The topological polar surface area (TPSA) is 114 Å². The zero-order chi connectivity index (χ0) is 13.7. The Morgan fingerprint density at radius 3 is 2.44 bits per heavy atom. The second kappa shape index (κ2) is 5.76. The molecule has 2 amide bonds. The van der Waals surface area contributed by atoms with E-state index < -0.39 is 17.8 Å². The molecule has 0 aromatic carbocycles. The summed E-state index contributed by atoms with van der Waals surface area (Å²) in [7, 11) is 0. The molecule has 0 spiro atoms. The molecule has 0 unspecified atom stereocenters. The Labute approximate surface area is 103 Å². The molecular weight excluding hydrogens is 238 g/mol. The van der Waals surface area contributed by atoms with Gasteiger partial charge >= 0.3 is 5.97 Å². The van der Waals surface area contributed by atoms with Gasteiger partial charge < -0.3 is 15.7 Å². The Bertz CT molecular complexity index is 470. The third-order valence-electron chi connectivity index (χ3n) is 2.25. The number of amides is 2. The molecule has 0 radical (unpaired) electrons. The Balaban J connectivity index is 2.88. The van der Waals surface area contributed by atoms with E-state index in [1.165, 1.54) is 17.0 Å². The average molecular weight is 251 g/mol. The summed E-state index contributed by atoms with van der Waals surface area (Å²) >= 11 is 0. The van der Waals surface area contributed by atoms with Crippen LogP contribution in [-0.4, -0.2) is 45.9 Å². The minimum Gasteiger partial charge on any atom is -0.477 e. The number of aromatic carboxylic acids is 1. The fourth-order valence-corrected chi connectivity index (χ4v) is 1.34. The van der Waals surface area contributed by atoms with Gasteiger partial charge in [-0.15, -0.1) is 0 Å². The number of carbonyl (C=O) groups excluding carboxylic acids is 2. The van der Waals surface area contributed by atoms with Crippen molar-refractivity contribution in [2.75, 3.05) is 13.1 Å². The molecule has 0 aliphatic rings. The normalized spacial score (nSPS) is 9.83. The molecule has 7 nitrogen and oxygen atoms in total. The number of hydrogen-bond donors (Lipinski definition) is 2. The fraction of sp³-hybridized carbons (Fsp3) is 0.273. The molecule has 0 saturated heterocycles. The summed E-state index contributed by atoms with van der Waals surface area (Å²) in [5.41, 5.74) is 5.09. The summed E-state index contributed by atoms with van der Waals surface area (Å²) in [6.45, 7) is 1.85. The van der Waals surface area contributed by atoms with E-state index in [2.05, 4.69) is 4.98 Å². The average Bonchev–Trinajstić information content (AvgIpc) is 2.35. The minimum atomic E-state index is -1.17.